The Morgan fingerprint density at radius 2 is 1.87 bits per heavy atom. The fourth-order valence-corrected chi connectivity index (χ4v) is 4.00. The van der Waals surface area contributed by atoms with Gasteiger partial charge in [0.2, 0.25) is 5.91 Å². The zero-order valence-electron chi connectivity index (χ0n) is 17.6. The first-order chi connectivity index (χ1) is 14.4. The summed E-state index contributed by atoms with van der Waals surface area (Å²) in [6.07, 6.45) is 4.31. The highest BCUT2D eigenvalue weighted by molar-refractivity contribution is 9.10. The number of ether oxygens (including phenoxy) is 1. The van der Waals surface area contributed by atoms with E-state index < -0.39 is 6.04 Å². The maximum Gasteiger partial charge on any atom is 0.261 e. The number of carbonyl (C=O) groups excluding carboxylic acids is 2. The first-order valence-corrected chi connectivity index (χ1v) is 11.3. The topological polar surface area (TPSA) is 58.6 Å². The molecule has 1 fully saturated rings. The number of hydrogen-bond acceptors (Lipinski definition) is 3. The summed E-state index contributed by atoms with van der Waals surface area (Å²) in [5.74, 6) is 0.296. The molecule has 3 rings (SSSR count). The second-order valence-electron chi connectivity index (χ2n) is 7.92. The van der Waals surface area contributed by atoms with E-state index in [2.05, 4.69) is 21.2 Å². The van der Waals surface area contributed by atoms with E-state index in [0.717, 1.165) is 41.3 Å². The van der Waals surface area contributed by atoms with Crippen molar-refractivity contribution in [3.8, 4) is 5.75 Å². The molecule has 5 nitrogen and oxygen atoms in total. The Labute approximate surface area is 186 Å². The zero-order valence-corrected chi connectivity index (χ0v) is 19.2. The van der Waals surface area contributed by atoms with Crippen molar-refractivity contribution < 1.29 is 14.3 Å². The van der Waals surface area contributed by atoms with Crippen molar-refractivity contribution in [2.75, 3.05) is 6.61 Å². The number of halogens is 1. The van der Waals surface area contributed by atoms with Crippen LogP contribution in [0.5, 0.6) is 5.75 Å². The molecule has 0 heterocycles. The molecule has 30 heavy (non-hydrogen) atoms. The van der Waals surface area contributed by atoms with Crippen LogP contribution in [-0.4, -0.2) is 35.4 Å². The molecule has 0 aliphatic heterocycles. The lowest BCUT2D eigenvalue weighted by Crippen LogP contribution is -2.50. The lowest BCUT2D eigenvalue weighted by atomic mass is 10.1. The summed E-state index contributed by atoms with van der Waals surface area (Å²) in [6.45, 7) is 4.05. The van der Waals surface area contributed by atoms with Crippen LogP contribution in [0.2, 0.25) is 0 Å². The Kier molecular flexibility index (Phi) is 7.91. The smallest absolute Gasteiger partial charge is 0.261 e. The van der Waals surface area contributed by atoms with Crippen LogP contribution in [-0.2, 0) is 16.1 Å². The van der Waals surface area contributed by atoms with Crippen LogP contribution in [0.1, 0.15) is 43.7 Å². The summed E-state index contributed by atoms with van der Waals surface area (Å²) in [5.41, 5.74) is 2.11. The van der Waals surface area contributed by atoms with Crippen LogP contribution >= 0.6 is 15.9 Å². The molecule has 0 aromatic heterocycles. The molecular formula is C24H29BrN2O3. The molecule has 0 saturated heterocycles. The lowest BCUT2D eigenvalue weighted by molar-refractivity contribution is -0.142. The minimum atomic E-state index is -0.577. The van der Waals surface area contributed by atoms with Crippen molar-refractivity contribution in [1.82, 2.24) is 10.2 Å². The maximum atomic E-state index is 13.1. The molecule has 0 unspecified atom stereocenters. The highest BCUT2D eigenvalue weighted by Gasteiger charge is 2.28. The third kappa shape index (κ3) is 6.33. The SMILES string of the molecule is Cc1cccc(CN(C(=O)COc2ccc(Br)cc2)[C@H](C)C(=O)NC2CCCC2)c1. The van der Waals surface area contributed by atoms with Gasteiger partial charge in [-0.05, 0) is 56.5 Å². The van der Waals surface area contributed by atoms with Crippen LogP contribution in [0.4, 0.5) is 0 Å². The van der Waals surface area contributed by atoms with E-state index in [1.54, 1.807) is 24.0 Å². The Balaban J connectivity index is 1.70. The molecule has 0 radical (unpaired) electrons. The first kappa shape index (κ1) is 22.3. The van der Waals surface area contributed by atoms with Crippen LogP contribution in [0.25, 0.3) is 0 Å². The van der Waals surface area contributed by atoms with E-state index in [4.69, 9.17) is 4.74 Å². The zero-order chi connectivity index (χ0) is 21.5. The molecule has 2 aromatic carbocycles. The second-order valence-corrected chi connectivity index (χ2v) is 8.83. The van der Waals surface area contributed by atoms with Crippen LogP contribution < -0.4 is 10.1 Å². The average Bonchev–Trinajstić information content (AvgIpc) is 3.24. The van der Waals surface area contributed by atoms with Crippen molar-refractivity contribution >= 4 is 27.7 Å². The lowest BCUT2D eigenvalue weighted by Gasteiger charge is -2.29. The molecule has 1 aliphatic rings. The van der Waals surface area contributed by atoms with E-state index in [9.17, 15) is 9.59 Å². The summed E-state index contributed by atoms with van der Waals surface area (Å²) in [5, 5.41) is 3.11. The van der Waals surface area contributed by atoms with Crippen LogP contribution in [0, 0.1) is 6.92 Å². The first-order valence-electron chi connectivity index (χ1n) is 10.5. The number of benzene rings is 2. The Bertz CT molecular complexity index is 863. The van der Waals surface area contributed by atoms with E-state index in [-0.39, 0.29) is 24.5 Å². The van der Waals surface area contributed by atoms with Gasteiger partial charge in [-0.3, -0.25) is 9.59 Å². The number of nitrogens with zero attached hydrogens (tertiary/aromatic N) is 1. The Hall–Kier alpha value is -2.34. The van der Waals surface area contributed by atoms with Crippen molar-refractivity contribution in [1.29, 1.82) is 0 Å². The molecule has 0 spiro atoms. The van der Waals surface area contributed by atoms with Gasteiger partial charge in [0.1, 0.15) is 11.8 Å². The minimum Gasteiger partial charge on any atom is -0.484 e. The second kappa shape index (κ2) is 10.6. The van der Waals surface area contributed by atoms with Gasteiger partial charge in [-0.15, -0.1) is 0 Å². The van der Waals surface area contributed by atoms with Crippen molar-refractivity contribution in [3.63, 3.8) is 0 Å². The summed E-state index contributed by atoms with van der Waals surface area (Å²) >= 11 is 3.39. The quantitative estimate of drug-likeness (QED) is 0.609. The maximum absolute atomic E-state index is 13.1. The van der Waals surface area contributed by atoms with E-state index >= 15 is 0 Å². The number of hydrogen-bond donors (Lipinski definition) is 1. The Morgan fingerprint density at radius 1 is 1.17 bits per heavy atom. The van der Waals surface area contributed by atoms with Gasteiger partial charge in [-0.1, -0.05) is 58.6 Å². The number of rotatable bonds is 8. The molecular weight excluding hydrogens is 444 g/mol. The summed E-state index contributed by atoms with van der Waals surface area (Å²) in [6, 6.07) is 15.0. The van der Waals surface area contributed by atoms with Gasteiger partial charge in [-0.2, -0.15) is 0 Å². The molecule has 1 saturated carbocycles. The standard InChI is InChI=1S/C24H29BrN2O3/c1-17-6-5-7-19(14-17)15-27(18(2)24(29)26-21-8-3-4-9-21)23(28)16-30-22-12-10-20(25)11-13-22/h5-7,10-14,18,21H,3-4,8-9,15-16H2,1-2H3,(H,26,29)/t18-/m1/s1. The molecule has 160 valence electrons. The Morgan fingerprint density at radius 3 is 2.53 bits per heavy atom. The largest absolute Gasteiger partial charge is 0.484 e. The predicted molar refractivity (Wildman–Crippen MR) is 121 cm³/mol. The number of amides is 2. The van der Waals surface area contributed by atoms with Crippen LogP contribution in [0.3, 0.4) is 0 Å². The number of aryl methyl sites for hydroxylation is 1. The van der Waals surface area contributed by atoms with Crippen molar-refractivity contribution in [2.45, 2.75) is 58.2 Å². The third-order valence-corrected chi connectivity index (χ3v) is 6.01. The normalized spacial score (nSPS) is 14.9. The summed E-state index contributed by atoms with van der Waals surface area (Å²) < 4.78 is 6.63. The van der Waals surface area contributed by atoms with E-state index in [1.807, 2.05) is 43.3 Å². The highest BCUT2D eigenvalue weighted by Crippen LogP contribution is 2.19. The van der Waals surface area contributed by atoms with E-state index in [1.165, 1.54) is 0 Å². The van der Waals surface area contributed by atoms with E-state index in [0.29, 0.717) is 12.3 Å². The predicted octanol–water partition coefficient (Wildman–Crippen LogP) is 4.61. The molecule has 2 amide bonds. The van der Waals surface area contributed by atoms with Crippen LogP contribution in [0.15, 0.2) is 53.0 Å². The fraction of sp³-hybridized carbons (Fsp3) is 0.417. The van der Waals surface area contributed by atoms with Gasteiger partial charge in [0.05, 0.1) is 0 Å². The molecule has 1 N–H and O–H groups in total. The van der Waals surface area contributed by atoms with Gasteiger partial charge >= 0.3 is 0 Å². The summed E-state index contributed by atoms with van der Waals surface area (Å²) in [4.78, 5) is 27.5. The minimum absolute atomic E-state index is 0.105. The molecule has 2 aromatic rings. The van der Waals surface area contributed by atoms with Gasteiger partial charge < -0.3 is 15.0 Å². The highest BCUT2D eigenvalue weighted by atomic mass is 79.9. The average molecular weight is 473 g/mol. The van der Waals surface area contributed by atoms with Gasteiger partial charge in [0.25, 0.3) is 5.91 Å². The number of nitrogens with one attached hydrogen (secondary N) is 1. The third-order valence-electron chi connectivity index (χ3n) is 5.48. The van der Waals surface area contributed by atoms with Gasteiger partial charge in [-0.25, -0.2) is 0 Å². The molecule has 1 aliphatic carbocycles. The van der Waals surface area contributed by atoms with Crippen molar-refractivity contribution in [3.05, 3.63) is 64.1 Å². The molecule has 0 bridgehead atoms. The van der Waals surface area contributed by atoms with Gasteiger partial charge in [0.15, 0.2) is 6.61 Å². The van der Waals surface area contributed by atoms with Gasteiger partial charge in [0, 0.05) is 17.1 Å². The molecule has 1 atom stereocenters. The summed E-state index contributed by atoms with van der Waals surface area (Å²) in [7, 11) is 0. The monoisotopic (exact) mass is 472 g/mol. The van der Waals surface area contributed by atoms with Crippen molar-refractivity contribution in [2.24, 2.45) is 0 Å². The number of carbonyl (C=O) groups is 2. The molecule has 6 heteroatoms. The fourth-order valence-electron chi connectivity index (χ4n) is 3.74.